The van der Waals surface area contributed by atoms with Gasteiger partial charge < -0.3 is 25.0 Å². The average Bonchev–Trinajstić information content (AvgIpc) is 3.65. The van der Waals surface area contributed by atoms with E-state index in [1.807, 2.05) is 51.1 Å². The number of rotatable bonds is 7. The molecule has 0 aromatic heterocycles. The first-order chi connectivity index (χ1) is 20.6. The summed E-state index contributed by atoms with van der Waals surface area (Å²) < 4.78 is 11.0. The van der Waals surface area contributed by atoms with Crippen molar-refractivity contribution in [3.63, 3.8) is 0 Å². The molecule has 44 heavy (non-hydrogen) atoms. The fourth-order valence-corrected chi connectivity index (χ4v) is 6.29. The maximum Gasteiger partial charge on any atom is 0.429 e. The third-order valence-electron chi connectivity index (χ3n) is 8.45. The molecule has 242 valence electrons. The van der Waals surface area contributed by atoms with Crippen LogP contribution in [0.2, 0.25) is 0 Å². The zero-order valence-corrected chi connectivity index (χ0v) is 26.7. The summed E-state index contributed by atoms with van der Waals surface area (Å²) in [6, 6.07) is 7.42. The molecule has 12 nitrogen and oxygen atoms in total. The van der Waals surface area contributed by atoms with E-state index in [1.165, 1.54) is 0 Å². The van der Waals surface area contributed by atoms with Crippen molar-refractivity contribution in [3.8, 4) is 0 Å². The van der Waals surface area contributed by atoms with Gasteiger partial charge in [-0.3, -0.25) is 19.8 Å². The maximum absolute atomic E-state index is 14.2. The van der Waals surface area contributed by atoms with Gasteiger partial charge in [0, 0.05) is 13.1 Å². The van der Waals surface area contributed by atoms with Gasteiger partial charge in [0.05, 0.1) is 12.5 Å². The van der Waals surface area contributed by atoms with Crippen molar-refractivity contribution < 1.29 is 33.4 Å². The van der Waals surface area contributed by atoms with E-state index < -0.39 is 47.1 Å². The zero-order valence-electron chi connectivity index (χ0n) is 26.7. The number of ether oxygens (including phenoxy) is 2. The lowest BCUT2D eigenvalue weighted by atomic mass is 9.85. The lowest BCUT2D eigenvalue weighted by Crippen LogP contribution is -2.60. The summed E-state index contributed by atoms with van der Waals surface area (Å²) in [7, 11) is 0. The maximum atomic E-state index is 14.2. The minimum Gasteiger partial charge on any atom is -0.445 e. The molecule has 1 aromatic rings. The molecule has 3 fully saturated rings. The van der Waals surface area contributed by atoms with Crippen LogP contribution in [0.5, 0.6) is 0 Å². The van der Waals surface area contributed by atoms with Gasteiger partial charge in [-0.2, -0.15) is 0 Å². The molecule has 4 rings (SSSR count). The molecule has 1 aliphatic carbocycles. The molecule has 2 heterocycles. The Balaban J connectivity index is 1.53. The standard InChI is InChI=1S/C32H47N5O7/c1-31(2,3)25(34-29(41)43-19-20-11-8-7-9-12-20)28(40)36-17-21-13-10-14-23(21)24(36)27(39)35-37(30(42)44-32(4,5)6)18-22-15-16-33-26(22)38/h7-9,11-12,21-25H,10,13-19H2,1-6H3,(H,33,38)(H,34,41)(H,35,39)/t21-,22-,23-,24-,25?/m0/s1. The molecule has 5 atom stereocenters. The summed E-state index contributed by atoms with van der Waals surface area (Å²) in [5, 5.41) is 6.57. The molecule has 2 aliphatic heterocycles. The Labute approximate surface area is 259 Å². The lowest BCUT2D eigenvalue weighted by molar-refractivity contribution is -0.144. The molecular weight excluding hydrogens is 566 g/mol. The average molecular weight is 614 g/mol. The highest BCUT2D eigenvalue weighted by Gasteiger charge is 2.52. The first kappa shape index (κ1) is 33.1. The highest BCUT2D eigenvalue weighted by Crippen LogP contribution is 2.43. The van der Waals surface area contributed by atoms with Crippen molar-refractivity contribution in [2.24, 2.45) is 23.2 Å². The Morgan fingerprint density at radius 3 is 2.36 bits per heavy atom. The number of amides is 5. The fraction of sp³-hybridized carbons (Fsp3) is 0.656. The van der Waals surface area contributed by atoms with Gasteiger partial charge in [-0.05, 0) is 62.8 Å². The van der Waals surface area contributed by atoms with Gasteiger partial charge in [0.15, 0.2) is 0 Å². The van der Waals surface area contributed by atoms with E-state index in [1.54, 1.807) is 25.7 Å². The van der Waals surface area contributed by atoms with Gasteiger partial charge in [0.1, 0.15) is 24.3 Å². The minimum atomic E-state index is -0.968. The van der Waals surface area contributed by atoms with Gasteiger partial charge in [-0.1, -0.05) is 57.5 Å². The number of hydrogen-bond donors (Lipinski definition) is 3. The summed E-state index contributed by atoms with van der Waals surface area (Å²) in [6.07, 6.45) is 1.59. The molecule has 5 amide bonds. The lowest BCUT2D eigenvalue weighted by Gasteiger charge is -2.37. The molecule has 3 N–H and O–H groups in total. The van der Waals surface area contributed by atoms with Gasteiger partial charge in [-0.25, -0.2) is 14.6 Å². The van der Waals surface area contributed by atoms with Crippen molar-refractivity contribution in [1.82, 2.24) is 26.0 Å². The van der Waals surface area contributed by atoms with Crippen LogP contribution in [0, 0.1) is 23.2 Å². The number of hydrogen-bond acceptors (Lipinski definition) is 7. The van der Waals surface area contributed by atoms with Gasteiger partial charge in [0.2, 0.25) is 11.8 Å². The van der Waals surface area contributed by atoms with E-state index in [2.05, 4.69) is 16.1 Å². The van der Waals surface area contributed by atoms with Crippen LogP contribution in [0.25, 0.3) is 0 Å². The first-order valence-corrected chi connectivity index (χ1v) is 15.5. The van der Waals surface area contributed by atoms with Crippen LogP contribution in [0.15, 0.2) is 30.3 Å². The van der Waals surface area contributed by atoms with Crippen LogP contribution >= 0.6 is 0 Å². The largest absolute Gasteiger partial charge is 0.445 e. The van der Waals surface area contributed by atoms with Gasteiger partial charge >= 0.3 is 12.2 Å². The molecule has 3 aliphatic rings. The smallest absolute Gasteiger partial charge is 0.429 e. The van der Waals surface area contributed by atoms with E-state index in [0.717, 1.165) is 29.8 Å². The highest BCUT2D eigenvalue weighted by molar-refractivity contribution is 5.93. The minimum absolute atomic E-state index is 0.0517. The van der Waals surface area contributed by atoms with Gasteiger partial charge in [0.25, 0.3) is 5.91 Å². The number of nitrogens with one attached hydrogen (secondary N) is 3. The Kier molecular flexibility index (Phi) is 10.1. The van der Waals surface area contributed by atoms with Crippen LogP contribution < -0.4 is 16.1 Å². The van der Waals surface area contributed by atoms with E-state index >= 15 is 0 Å². The number of fused-ring (bicyclic) bond motifs is 1. The second-order valence-corrected chi connectivity index (χ2v) is 14.1. The van der Waals surface area contributed by atoms with E-state index in [4.69, 9.17) is 9.47 Å². The molecule has 0 radical (unpaired) electrons. The molecule has 0 bridgehead atoms. The van der Waals surface area contributed by atoms with Crippen molar-refractivity contribution in [2.75, 3.05) is 19.6 Å². The molecule has 12 heteroatoms. The second-order valence-electron chi connectivity index (χ2n) is 14.1. The number of nitrogens with zero attached hydrogens (tertiary/aromatic N) is 2. The van der Waals surface area contributed by atoms with Crippen molar-refractivity contribution in [3.05, 3.63) is 35.9 Å². The van der Waals surface area contributed by atoms with Crippen LogP contribution in [0.3, 0.4) is 0 Å². The second kappa shape index (κ2) is 13.4. The van der Waals surface area contributed by atoms with Crippen LogP contribution in [0.1, 0.15) is 72.8 Å². The SMILES string of the molecule is CC(C)(C)OC(=O)N(C[C@@H]1CCNC1=O)NC(=O)[C@@H]1[C@H]2CCC[C@H]2CN1C(=O)C(NC(=O)OCc1ccccc1)C(C)(C)C. The van der Waals surface area contributed by atoms with E-state index in [0.29, 0.717) is 19.5 Å². The number of alkyl carbamates (subject to hydrolysis) is 1. The number of hydrazine groups is 1. The Morgan fingerprint density at radius 1 is 1.05 bits per heavy atom. The van der Waals surface area contributed by atoms with Crippen LogP contribution in [-0.2, 0) is 30.5 Å². The molecule has 0 spiro atoms. The molecule has 1 aromatic carbocycles. The third kappa shape index (κ3) is 8.21. The van der Waals surface area contributed by atoms with Crippen molar-refractivity contribution in [1.29, 1.82) is 0 Å². The summed E-state index contributed by atoms with van der Waals surface area (Å²) in [4.78, 5) is 68.1. The van der Waals surface area contributed by atoms with Crippen LogP contribution in [0.4, 0.5) is 9.59 Å². The summed E-state index contributed by atoms with van der Waals surface area (Å²) in [6.45, 7) is 11.5. The Morgan fingerprint density at radius 2 is 1.75 bits per heavy atom. The number of likely N-dealkylation sites (tertiary alicyclic amines) is 1. The van der Waals surface area contributed by atoms with Crippen LogP contribution in [-0.4, -0.2) is 77.1 Å². The Hall–Kier alpha value is -3.83. The topological polar surface area (TPSA) is 146 Å². The van der Waals surface area contributed by atoms with Crippen molar-refractivity contribution >= 4 is 29.9 Å². The summed E-state index contributed by atoms with van der Waals surface area (Å²) in [5.41, 5.74) is 2.01. The monoisotopic (exact) mass is 613 g/mol. The fourth-order valence-electron chi connectivity index (χ4n) is 6.29. The molecule has 2 saturated heterocycles. The summed E-state index contributed by atoms with van der Waals surface area (Å²) in [5.74, 6) is -1.57. The number of carbonyl (C=O) groups is 5. The first-order valence-electron chi connectivity index (χ1n) is 15.5. The predicted octanol–water partition coefficient (Wildman–Crippen LogP) is 3.36. The number of benzene rings is 1. The third-order valence-corrected chi connectivity index (χ3v) is 8.45. The predicted molar refractivity (Wildman–Crippen MR) is 162 cm³/mol. The highest BCUT2D eigenvalue weighted by atomic mass is 16.6. The molecule has 1 saturated carbocycles. The van der Waals surface area contributed by atoms with E-state index in [9.17, 15) is 24.0 Å². The molecular formula is C32H47N5O7. The van der Waals surface area contributed by atoms with Crippen molar-refractivity contribution in [2.45, 2.75) is 91.5 Å². The Bertz CT molecular complexity index is 1230. The zero-order chi connectivity index (χ0) is 32.2. The summed E-state index contributed by atoms with van der Waals surface area (Å²) >= 11 is 0. The number of carbonyl (C=O) groups excluding carboxylic acids is 5. The normalized spacial score (nSPS) is 23.8. The van der Waals surface area contributed by atoms with Gasteiger partial charge in [-0.15, -0.1) is 0 Å². The quantitative estimate of drug-likeness (QED) is 0.400. The van der Waals surface area contributed by atoms with E-state index in [-0.39, 0.29) is 36.8 Å². The molecule has 1 unspecified atom stereocenters.